The third kappa shape index (κ3) is 6.86. The lowest BCUT2D eigenvalue weighted by atomic mass is 10.1. The van der Waals surface area contributed by atoms with E-state index in [0.29, 0.717) is 23.7 Å². The maximum Gasteiger partial charge on any atom is 0.264 e. The minimum absolute atomic E-state index is 0.0559. The number of rotatable bonds is 11. The molecule has 9 heteroatoms. The number of likely N-dealkylation sites (N-methyl/N-ethyl adjacent to an activating group) is 1. The Morgan fingerprint density at radius 2 is 1.50 bits per heavy atom. The summed E-state index contributed by atoms with van der Waals surface area (Å²) in [6.07, 6.45) is 0.517. The molecular formula is C27H30ClN3O4S. The van der Waals surface area contributed by atoms with E-state index in [-0.39, 0.29) is 17.3 Å². The highest BCUT2D eigenvalue weighted by Crippen LogP contribution is 2.25. The quantitative estimate of drug-likeness (QED) is 0.406. The predicted molar refractivity (Wildman–Crippen MR) is 142 cm³/mol. The summed E-state index contributed by atoms with van der Waals surface area (Å²) in [4.78, 5) is 27.8. The summed E-state index contributed by atoms with van der Waals surface area (Å²) >= 11 is 6.02. The largest absolute Gasteiger partial charge is 0.355 e. The van der Waals surface area contributed by atoms with Crippen LogP contribution in [-0.2, 0) is 26.0 Å². The number of hydrogen-bond acceptors (Lipinski definition) is 4. The van der Waals surface area contributed by atoms with Crippen molar-refractivity contribution in [1.82, 2.24) is 10.2 Å². The molecule has 3 aromatic rings. The van der Waals surface area contributed by atoms with E-state index in [2.05, 4.69) is 5.32 Å². The highest BCUT2D eigenvalue weighted by atomic mass is 35.5. The zero-order valence-corrected chi connectivity index (χ0v) is 21.9. The summed E-state index contributed by atoms with van der Waals surface area (Å²) in [6, 6.07) is 23.0. The average Bonchev–Trinajstić information content (AvgIpc) is 2.89. The van der Waals surface area contributed by atoms with Gasteiger partial charge in [0.05, 0.1) is 10.6 Å². The number of amides is 2. The van der Waals surface area contributed by atoms with Gasteiger partial charge in [0, 0.05) is 18.1 Å². The molecule has 3 rings (SSSR count). The minimum Gasteiger partial charge on any atom is -0.355 e. The number of anilines is 1. The van der Waals surface area contributed by atoms with Gasteiger partial charge < -0.3 is 10.2 Å². The van der Waals surface area contributed by atoms with Gasteiger partial charge in [0.15, 0.2) is 0 Å². The van der Waals surface area contributed by atoms with Crippen molar-refractivity contribution in [3.05, 3.63) is 95.5 Å². The van der Waals surface area contributed by atoms with E-state index in [0.717, 1.165) is 9.87 Å². The van der Waals surface area contributed by atoms with E-state index in [1.807, 2.05) is 30.3 Å². The SMILES string of the molecule is CCNC(=O)[C@@H](C)N(CCc1ccccc1)C(=O)CN(c1ccc(Cl)cc1)S(=O)(=O)c1ccccc1. The maximum absolute atomic E-state index is 13.7. The van der Waals surface area contributed by atoms with Crippen molar-refractivity contribution in [3.63, 3.8) is 0 Å². The molecule has 0 aliphatic carbocycles. The second-order valence-corrected chi connectivity index (χ2v) is 10.5. The van der Waals surface area contributed by atoms with Gasteiger partial charge >= 0.3 is 0 Å². The number of carbonyl (C=O) groups excluding carboxylic acids is 2. The Balaban J connectivity index is 1.95. The van der Waals surface area contributed by atoms with Gasteiger partial charge in [-0.2, -0.15) is 0 Å². The molecule has 1 atom stereocenters. The normalized spacial score (nSPS) is 12.0. The van der Waals surface area contributed by atoms with Crippen LogP contribution in [0, 0.1) is 0 Å². The topological polar surface area (TPSA) is 86.8 Å². The van der Waals surface area contributed by atoms with Crippen LogP contribution in [0.15, 0.2) is 89.8 Å². The number of nitrogens with zero attached hydrogens (tertiary/aromatic N) is 2. The van der Waals surface area contributed by atoms with E-state index >= 15 is 0 Å². The molecular weight excluding hydrogens is 498 g/mol. The van der Waals surface area contributed by atoms with Gasteiger partial charge in [-0.3, -0.25) is 13.9 Å². The van der Waals surface area contributed by atoms with Crippen molar-refractivity contribution in [2.45, 2.75) is 31.2 Å². The van der Waals surface area contributed by atoms with Crippen LogP contribution >= 0.6 is 11.6 Å². The van der Waals surface area contributed by atoms with Gasteiger partial charge in [-0.1, -0.05) is 60.1 Å². The Morgan fingerprint density at radius 3 is 2.08 bits per heavy atom. The number of nitrogens with one attached hydrogen (secondary N) is 1. The number of halogens is 1. The Bertz CT molecular complexity index is 1250. The molecule has 0 unspecified atom stereocenters. The van der Waals surface area contributed by atoms with Crippen LogP contribution in [0.1, 0.15) is 19.4 Å². The first-order valence-electron chi connectivity index (χ1n) is 11.7. The van der Waals surface area contributed by atoms with Gasteiger partial charge in [0.25, 0.3) is 10.0 Å². The van der Waals surface area contributed by atoms with Crippen molar-refractivity contribution in [2.24, 2.45) is 0 Å². The molecule has 0 aliphatic heterocycles. The van der Waals surface area contributed by atoms with E-state index < -0.39 is 28.5 Å². The molecule has 190 valence electrons. The molecule has 0 aromatic heterocycles. The summed E-state index contributed by atoms with van der Waals surface area (Å²) in [5.74, 6) is -0.790. The first-order valence-corrected chi connectivity index (χ1v) is 13.5. The standard InChI is InChI=1S/C27H30ClN3O4S/c1-3-29-27(33)21(2)30(19-18-22-10-6-4-7-11-22)26(32)20-31(24-16-14-23(28)15-17-24)36(34,35)25-12-8-5-9-13-25/h4-17,21H,3,18-20H2,1-2H3,(H,29,33)/t21-/m1/s1. The summed E-state index contributed by atoms with van der Waals surface area (Å²) in [6.45, 7) is 3.64. The van der Waals surface area contributed by atoms with Crippen LogP contribution in [0.2, 0.25) is 5.02 Å². The fourth-order valence-electron chi connectivity index (χ4n) is 3.75. The lowest BCUT2D eigenvalue weighted by Gasteiger charge is -2.32. The van der Waals surface area contributed by atoms with Crippen LogP contribution in [0.4, 0.5) is 5.69 Å². The van der Waals surface area contributed by atoms with Crippen molar-refractivity contribution in [3.8, 4) is 0 Å². The van der Waals surface area contributed by atoms with Crippen LogP contribution in [0.25, 0.3) is 0 Å². The zero-order chi connectivity index (χ0) is 26.1. The number of benzene rings is 3. The second-order valence-electron chi connectivity index (χ2n) is 8.19. The van der Waals surface area contributed by atoms with Crippen molar-refractivity contribution >= 4 is 39.1 Å². The second kappa shape index (κ2) is 12.6. The zero-order valence-electron chi connectivity index (χ0n) is 20.3. The number of hydrogen-bond donors (Lipinski definition) is 1. The highest BCUT2D eigenvalue weighted by molar-refractivity contribution is 7.92. The van der Waals surface area contributed by atoms with Gasteiger partial charge in [-0.05, 0) is 62.2 Å². The maximum atomic E-state index is 13.7. The molecule has 0 fully saturated rings. The lowest BCUT2D eigenvalue weighted by Crippen LogP contribution is -2.52. The van der Waals surface area contributed by atoms with Crippen LogP contribution in [0.3, 0.4) is 0 Å². The summed E-state index contributed by atoms with van der Waals surface area (Å²) in [5, 5.41) is 3.19. The highest BCUT2D eigenvalue weighted by Gasteiger charge is 2.32. The van der Waals surface area contributed by atoms with E-state index in [1.54, 1.807) is 56.3 Å². The summed E-state index contributed by atoms with van der Waals surface area (Å²) in [7, 11) is -4.08. The van der Waals surface area contributed by atoms with Gasteiger partial charge in [-0.15, -0.1) is 0 Å². The Kier molecular flexibility index (Phi) is 9.50. The number of carbonyl (C=O) groups is 2. The van der Waals surface area contributed by atoms with E-state index in [4.69, 9.17) is 11.6 Å². The first-order chi connectivity index (χ1) is 17.2. The molecule has 7 nitrogen and oxygen atoms in total. The van der Waals surface area contributed by atoms with Gasteiger partial charge in [0.2, 0.25) is 11.8 Å². The lowest BCUT2D eigenvalue weighted by molar-refractivity contribution is -0.138. The molecule has 0 heterocycles. The minimum atomic E-state index is -4.08. The molecule has 3 aromatic carbocycles. The molecule has 36 heavy (non-hydrogen) atoms. The fourth-order valence-corrected chi connectivity index (χ4v) is 5.31. The van der Waals surface area contributed by atoms with Crippen molar-refractivity contribution in [2.75, 3.05) is 23.9 Å². The third-order valence-corrected chi connectivity index (χ3v) is 7.77. The third-order valence-electron chi connectivity index (χ3n) is 5.73. The van der Waals surface area contributed by atoms with E-state index in [1.165, 1.54) is 17.0 Å². The Morgan fingerprint density at radius 1 is 0.917 bits per heavy atom. The smallest absolute Gasteiger partial charge is 0.264 e. The molecule has 1 N–H and O–H groups in total. The number of sulfonamides is 1. The molecule has 0 saturated carbocycles. The Labute approximate surface area is 217 Å². The summed E-state index contributed by atoms with van der Waals surface area (Å²) in [5.41, 5.74) is 1.30. The van der Waals surface area contributed by atoms with Crippen LogP contribution in [-0.4, -0.2) is 50.8 Å². The van der Waals surface area contributed by atoms with Crippen molar-refractivity contribution < 1.29 is 18.0 Å². The van der Waals surface area contributed by atoms with Crippen LogP contribution < -0.4 is 9.62 Å². The molecule has 0 saturated heterocycles. The fraction of sp³-hybridized carbons (Fsp3) is 0.259. The molecule has 2 amide bonds. The average molecular weight is 528 g/mol. The molecule has 0 spiro atoms. The first kappa shape index (κ1) is 27.2. The van der Waals surface area contributed by atoms with Gasteiger partial charge in [0.1, 0.15) is 12.6 Å². The molecule has 0 radical (unpaired) electrons. The van der Waals surface area contributed by atoms with E-state index in [9.17, 15) is 18.0 Å². The predicted octanol–water partition coefficient (Wildman–Crippen LogP) is 4.13. The molecule has 0 bridgehead atoms. The molecule has 0 aliphatic rings. The summed E-state index contributed by atoms with van der Waals surface area (Å²) < 4.78 is 28.3. The van der Waals surface area contributed by atoms with Crippen LogP contribution in [0.5, 0.6) is 0 Å². The van der Waals surface area contributed by atoms with Crippen molar-refractivity contribution in [1.29, 1.82) is 0 Å². The monoisotopic (exact) mass is 527 g/mol. The Hall–Kier alpha value is -3.36. The van der Waals surface area contributed by atoms with Gasteiger partial charge in [-0.25, -0.2) is 8.42 Å².